The van der Waals surface area contributed by atoms with Crippen molar-refractivity contribution in [3.63, 3.8) is 0 Å². The Kier molecular flexibility index (Phi) is 5.97. The molecule has 1 aromatic carbocycles. The molecule has 0 spiro atoms. The molecule has 8 heteroatoms. The molecule has 0 aliphatic rings. The maximum atomic E-state index is 12.6. The Balaban J connectivity index is 2.15. The molecule has 0 atom stereocenters. The molecule has 0 aliphatic heterocycles. The van der Waals surface area contributed by atoms with Gasteiger partial charge in [0.05, 0.1) is 5.56 Å². The zero-order valence-electron chi connectivity index (χ0n) is 14.3. The molecule has 0 saturated carbocycles. The Hall–Kier alpha value is -2.90. The van der Waals surface area contributed by atoms with E-state index in [-0.39, 0.29) is 23.0 Å². The number of nitrogens with one attached hydrogen (secondary N) is 1. The Morgan fingerprint density at radius 1 is 1.00 bits per heavy atom. The van der Waals surface area contributed by atoms with Crippen LogP contribution in [-0.4, -0.2) is 34.8 Å². The molecular formula is C18H18F3N3O2. The lowest BCUT2D eigenvalue weighted by Gasteiger charge is -2.18. The third-order valence-electron chi connectivity index (χ3n) is 3.72. The zero-order chi connectivity index (χ0) is 19.3. The van der Waals surface area contributed by atoms with Crippen LogP contribution >= 0.6 is 0 Å². The molecule has 1 heterocycles. The van der Waals surface area contributed by atoms with Crippen LogP contribution < -0.4 is 5.32 Å². The molecule has 5 nitrogen and oxygen atoms in total. The van der Waals surface area contributed by atoms with Crippen LogP contribution in [0.15, 0.2) is 42.5 Å². The topological polar surface area (TPSA) is 62.3 Å². The van der Waals surface area contributed by atoms with E-state index in [1.807, 2.05) is 13.8 Å². The van der Waals surface area contributed by atoms with E-state index in [4.69, 9.17) is 0 Å². The van der Waals surface area contributed by atoms with E-state index in [2.05, 4.69) is 10.3 Å². The van der Waals surface area contributed by atoms with E-state index in [9.17, 15) is 22.8 Å². The second kappa shape index (κ2) is 7.99. The van der Waals surface area contributed by atoms with Crippen LogP contribution in [0, 0.1) is 0 Å². The number of halogens is 3. The van der Waals surface area contributed by atoms with Gasteiger partial charge in [0.25, 0.3) is 11.8 Å². The quantitative estimate of drug-likeness (QED) is 0.876. The Bertz CT molecular complexity index is 785. The van der Waals surface area contributed by atoms with Gasteiger partial charge in [0.15, 0.2) is 0 Å². The molecule has 1 N–H and O–H groups in total. The predicted molar refractivity (Wildman–Crippen MR) is 90.9 cm³/mol. The predicted octanol–water partition coefficient (Wildman–Crippen LogP) is 3.83. The smallest absolute Gasteiger partial charge is 0.338 e. The molecule has 26 heavy (non-hydrogen) atoms. The van der Waals surface area contributed by atoms with Gasteiger partial charge in [0.1, 0.15) is 11.4 Å². The van der Waals surface area contributed by atoms with Gasteiger partial charge in [-0.2, -0.15) is 13.2 Å². The van der Waals surface area contributed by atoms with E-state index in [0.717, 1.165) is 24.3 Å². The van der Waals surface area contributed by atoms with E-state index >= 15 is 0 Å². The first kappa shape index (κ1) is 19.4. The molecule has 2 rings (SSSR count). The molecule has 0 bridgehead atoms. The summed E-state index contributed by atoms with van der Waals surface area (Å²) in [7, 11) is 0. The van der Waals surface area contributed by atoms with E-state index in [1.54, 1.807) is 4.90 Å². The number of hydrogen-bond donors (Lipinski definition) is 1. The van der Waals surface area contributed by atoms with Crippen molar-refractivity contribution in [2.75, 3.05) is 18.4 Å². The minimum absolute atomic E-state index is 0.00269. The number of nitrogens with zero attached hydrogens (tertiary/aromatic N) is 2. The van der Waals surface area contributed by atoms with Crippen molar-refractivity contribution in [2.24, 2.45) is 0 Å². The molecule has 138 valence electrons. The number of rotatable bonds is 5. The lowest BCUT2D eigenvalue weighted by atomic mass is 10.2. The molecular weight excluding hydrogens is 347 g/mol. The molecule has 0 unspecified atom stereocenters. The molecule has 1 aromatic heterocycles. The first-order valence-electron chi connectivity index (χ1n) is 8.01. The minimum Gasteiger partial charge on any atom is -0.338 e. The molecule has 0 aliphatic carbocycles. The molecule has 2 aromatic rings. The number of anilines is 1. The summed E-state index contributed by atoms with van der Waals surface area (Å²) in [5, 5.41) is 2.47. The average molecular weight is 365 g/mol. The third-order valence-corrected chi connectivity index (χ3v) is 3.72. The summed E-state index contributed by atoms with van der Waals surface area (Å²) < 4.78 is 37.7. The van der Waals surface area contributed by atoms with Gasteiger partial charge in [-0.15, -0.1) is 0 Å². The van der Waals surface area contributed by atoms with Crippen LogP contribution in [0.3, 0.4) is 0 Å². The number of carbonyl (C=O) groups is 2. The van der Waals surface area contributed by atoms with Gasteiger partial charge in [-0.25, -0.2) is 4.98 Å². The monoisotopic (exact) mass is 365 g/mol. The molecule has 2 amide bonds. The van der Waals surface area contributed by atoms with Crippen molar-refractivity contribution in [2.45, 2.75) is 20.0 Å². The van der Waals surface area contributed by atoms with Gasteiger partial charge in [-0.05, 0) is 50.2 Å². The number of carbonyl (C=O) groups excluding carboxylic acids is 2. The van der Waals surface area contributed by atoms with E-state index in [1.165, 1.54) is 18.2 Å². The largest absolute Gasteiger partial charge is 0.416 e. The van der Waals surface area contributed by atoms with Crippen molar-refractivity contribution in [1.82, 2.24) is 9.88 Å². The second-order valence-corrected chi connectivity index (χ2v) is 5.41. The highest BCUT2D eigenvalue weighted by atomic mass is 19.4. The highest BCUT2D eigenvalue weighted by molar-refractivity contribution is 6.03. The van der Waals surface area contributed by atoms with Crippen molar-refractivity contribution in [3.8, 4) is 0 Å². The van der Waals surface area contributed by atoms with Crippen LogP contribution in [0.2, 0.25) is 0 Å². The zero-order valence-corrected chi connectivity index (χ0v) is 14.3. The fourth-order valence-corrected chi connectivity index (χ4v) is 2.29. The number of amides is 2. The van der Waals surface area contributed by atoms with E-state index in [0.29, 0.717) is 13.1 Å². The summed E-state index contributed by atoms with van der Waals surface area (Å²) in [4.78, 5) is 30.2. The van der Waals surface area contributed by atoms with Crippen LogP contribution in [0.25, 0.3) is 0 Å². The highest BCUT2D eigenvalue weighted by Gasteiger charge is 2.30. The molecule has 0 saturated heterocycles. The Morgan fingerprint density at radius 3 is 2.12 bits per heavy atom. The number of pyridine rings is 1. The van der Waals surface area contributed by atoms with Crippen LogP contribution in [0.4, 0.5) is 18.9 Å². The normalized spacial score (nSPS) is 11.1. The number of alkyl halides is 3. The second-order valence-electron chi connectivity index (χ2n) is 5.41. The lowest BCUT2D eigenvalue weighted by Crippen LogP contribution is -2.31. The fraction of sp³-hybridized carbons (Fsp3) is 0.278. The van der Waals surface area contributed by atoms with Crippen LogP contribution in [-0.2, 0) is 6.18 Å². The van der Waals surface area contributed by atoms with Crippen molar-refractivity contribution >= 4 is 17.5 Å². The number of aromatic nitrogens is 1. The number of hydrogen-bond acceptors (Lipinski definition) is 3. The van der Waals surface area contributed by atoms with Gasteiger partial charge in [-0.1, -0.05) is 6.07 Å². The summed E-state index contributed by atoms with van der Waals surface area (Å²) in [6.07, 6.45) is -4.44. The maximum absolute atomic E-state index is 12.6. The summed E-state index contributed by atoms with van der Waals surface area (Å²) >= 11 is 0. The molecule has 0 fully saturated rings. The van der Waals surface area contributed by atoms with Gasteiger partial charge in [0, 0.05) is 18.8 Å². The maximum Gasteiger partial charge on any atom is 0.416 e. The van der Waals surface area contributed by atoms with Gasteiger partial charge < -0.3 is 10.2 Å². The first-order valence-corrected chi connectivity index (χ1v) is 8.01. The Morgan fingerprint density at radius 2 is 1.58 bits per heavy atom. The fourth-order valence-electron chi connectivity index (χ4n) is 2.29. The summed E-state index contributed by atoms with van der Waals surface area (Å²) in [6, 6.07) is 8.55. The number of benzene rings is 1. The third kappa shape index (κ3) is 4.59. The lowest BCUT2D eigenvalue weighted by molar-refractivity contribution is -0.137. The van der Waals surface area contributed by atoms with Gasteiger partial charge in [0.2, 0.25) is 0 Å². The standard InChI is InChI=1S/C18H18F3N3O2/c1-3-24(4-2)17(26)15-7-5-6-14(23-15)16(25)22-13-10-8-12(9-11-13)18(19,20)21/h5-11H,3-4H2,1-2H3,(H,22,25). The van der Waals surface area contributed by atoms with Crippen LogP contribution in [0.1, 0.15) is 40.4 Å². The Labute approximate surface area is 148 Å². The summed E-state index contributed by atoms with van der Waals surface area (Å²) in [5.74, 6) is -0.905. The van der Waals surface area contributed by atoms with Gasteiger partial charge >= 0.3 is 6.18 Å². The van der Waals surface area contributed by atoms with Crippen molar-refractivity contribution in [3.05, 3.63) is 59.4 Å². The summed E-state index contributed by atoms with van der Waals surface area (Å²) in [5.41, 5.74) is -0.470. The SMILES string of the molecule is CCN(CC)C(=O)c1cccc(C(=O)Nc2ccc(C(F)(F)F)cc2)n1. The molecule has 0 radical (unpaired) electrons. The van der Waals surface area contributed by atoms with Crippen molar-refractivity contribution in [1.29, 1.82) is 0 Å². The first-order chi connectivity index (χ1) is 12.3. The minimum atomic E-state index is -4.44. The van der Waals surface area contributed by atoms with Crippen LogP contribution in [0.5, 0.6) is 0 Å². The van der Waals surface area contributed by atoms with Crippen molar-refractivity contribution < 1.29 is 22.8 Å². The highest BCUT2D eigenvalue weighted by Crippen LogP contribution is 2.29. The van der Waals surface area contributed by atoms with E-state index < -0.39 is 17.6 Å². The summed E-state index contributed by atoms with van der Waals surface area (Å²) in [6.45, 7) is 4.70. The average Bonchev–Trinajstić information content (AvgIpc) is 2.62. The van der Waals surface area contributed by atoms with Gasteiger partial charge in [-0.3, -0.25) is 9.59 Å².